The van der Waals surface area contributed by atoms with Crippen molar-refractivity contribution in [3.63, 3.8) is 0 Å². The molecule has 1 aromatic carbocycles. The molecule has 2 aliphatic rings. The Labute approximate surface area is 134 Å². The van der Waals surface area contributed by atoms with Crippen molar-refractivity contribution in [2.75, 3.05) is 32.7 Å². The van der Waals surface area contributed by atoms with Crippen LogP contribution in [0.1, 0.15) is 37.7 Å². The Balaban J connectivity index is 1.49. The van der Waals surface area contributed by atoms with E-state index >= 15 is 0 Å². The summed E-state index contributed by atoms with van der Waals surface area (Å²) in [4.78, 5) is 17.3. The second-order valence-corrected chi connectivity index (χ2v) is 6.76. The lowest BCUT2D eigenvalue weighted by Crippen LogP contribution is -2.46. The van der Waals surface area contributed by atoms with E-state index in [9.17, 15) is 4.79 Å². The first-order valence-electron chi connectivity index (χ1n) is 8.88. The minimum Gasteiger partial charge on any atom is -0.342 e. The van der Waals surface area contributed by atoms with E-state index in [0.717, 1.165) is 45.6 Å². The molecule has 3 nitrogen and oxygen atoms in total. The van der Waals surface area contributed by atoms with E-state index in [0.29, 0.717) is 5.91 Å². The summed E-state index contributed by atoms with van der Waals surface area (Å²) in [5.74, 6) is 0.659. The van der Waals surface area contributed by atoms with Gasteiger partial charge < -0.3 is 9.80 Å². The van der Waals surface area contributed by atoms with Crippen LogP contribution in [0.2, 0.25) is 0 Å². The summed E-state index contributed by atoms with van der Waals surface area (Å²) in [7, 11) is 0. The van der Waals surface area contributed by atoms with E-state index in [1.807, 2.05) is 0 Å². The smallest absolute Gasteiger partial charge is 0.226 e. The van der Waals surface area contributed by atoms with E-state index in [1.165, 1.54) is 31.2 Å². The van der Waals surface area contributed by atoms with Crippen LogP contribution in [0.25, 0.3) is 0 Å². The van der Waals surface area contributed by atoms with Crippen molar-refractivity contribution in [2.45, 2.75) is 38.5 Å². The average Bonchev–Trinajstić information content (AvgIpc) is 2.61. The Morgan fingerprint density at radius 1 is 1.00 bits per heavy atom. The molecule has 1 aromatic rings. The van der Waals surface area contributed by atoms with Gasteiger partial charge >= 0.3 is 0 Å². The zero-order valence-electron chi connectivity index (χ0n) is 13.5. The summed E-state index contributed by atoms with van der Waals surface area (Å²) >= 11 is 0. The van der Waals surface area contributed by atoms with Gasteiger partial charge in [0.25, 0.3) is 0 Å². The summed E-state index contributed by atoms with van der Waals surface area (Å²) in [5.41, 5.74) is 1.40. The molecule has 0 radical (unpaired) electrons. The largest absolute Gasteiger partial charge is 0.342 e. The van der Waals surface area contributed by atoms with Crippen molar-refractivity contribution in [2.24, 2.45) is 5.92 Å². The first-order chi connectivity index (χ1) is 10.8. The minimum absolute atomic E-state index is 0.239. The van der Waals surface area contributed by atoms with Gasteiger partial charge in [-0.2, -0.15) is 0 Å². The average molecular weight is 300 g/mol. The van der Waals surface area contributed by atoms with Crippen molar-refractivity contribution in [1.29, 1.82) is 0 Å². The molecule has 2 fully saturated rings. The van der Waals surface area contributed by atoms with E-state index < -0.39 is 0 Å². The lowest BCUT2D eigenvalue weighted by atomic mass is 9.95. The molecule has 3 rings (SSSR count). The zero-order valence-corrected chi connectivity index (χ0v) is 13.5. The Morgan fingerprint density at radius 3 is 2.55 bits per heavy atom. The highest BCUT2D eigenvalue weighted by molar-refractivity contribution is 5.79. The fourth-order valence-electron chi connectivity index (χ4n) is 3.76. The second kappa shape index (κ2) is 7.77. The summed E-state index contributed by atoms with van der Waals surface area (Å²) in [6.45, 7) is 5.16. The van der Waals surface area contributed by atoms with Crippen LogP contribution in [0, 0.1) is 5.92 Å². The van der Waals surface area contributed by atoms with Crippen LogP contribution in [0.4, 0.5) is 0 Å². The highest BCUT2D eigenvalue weighted by atomic mass is 16.2. The van der Waals surface area contributed by atoms with Gasteiger partial charge in [0.1, 0.15) is 0 Å². The highest BCUT2D eigenvalue weighted by Crippen LogP contribution is 2.21. The number of nitrogens with zero attached hydrogens (tertiary/aromatic N) is 2. The van der Waals surface area contributed by atoms with Gasteiger partial charge in [-0.1, -0.05) is 30.3 Å². The molecule has 22 heavy (non-hydrogen) atoms. The predicted molar refractivity (Wildman–Crippen MR) is 89.7 cm³/mol. The standard InChI is InChI=1S/C19H28N2O/c22-19(21-13-5-2-6-14-21)18-10-7-12-20(16-18)15-11-17-8-3-1-4-9-17/h1,3-4,8-9,18H,2,5-7,10-16H2. The third kappa shape index (κ3) is 4.10. The number of hydrogen-bond donors (Lipinski definition) is 0. The number of carbonyl (C=O) groups is 1. The van der Waals surface area contributed by atoms with Crippen molar-refractivity contribution >= 4 is 5.91 Å². The van der Waals surface area contributed by atoms with Crippen LogP contribution >= 0.6 is 0 Å². The first-order valence-corrected chi connectivity index (χ1v) is 8.88. The van der Waals surface area contributed by atoms with Gasteiger partial charge in [-0.15, -0.1) is 0 Å². The lowest BCUT2D eigenvalue weighted by Gasteiger charge is -2.36. The van der Waals surface area contributed by atoms with E-state index in [1.54, 1.807) is 0 Å². The summed E-state index contributed by atoms with van der Waals surface area (Å²) in [6.07, 6.45) is 7.01. The second-order valence-electron chi connectivity index (χ2n) is 6.76. The van der Waals surface area contributed by atoms with Crippen LogP contribution in [0.5, 0.6) is 0 Å². The molecule has 0 spiro atoms. The summed E-state index contributed by atoms with van der Waals surface area (Å²) in [6, 6.07) is 10.7. The van der Waals surface area contributed by atoms with Crippen LogP contribution in [0.3, 0.4) is 0 Å². The number of piperidine rings is 2. The Bertz CT molecular complexity index is 468. The molecule has 2 heterocycles. The monoisotopic (exact) mass is 300 g/mol. The van der Waals surface area contributed by atoms with Gasteiger partial charge in [-0.25, -0.2) is 0 Å². The molecule has 120 valence electrons. The molecule has 0 N–H and O–H groups in total. The van der Waals surface area contributed by atoms with Crippen molar-refractivity contribution in [3.8, 4) is 0 Å². The summed E-state index contributed by atoms with van der Waals surface area (Å²) in [5, 5.41) is 0. The maximum atomic E-state index is 12.7. The van der Waals surface area contributed by atoms with E-state index in [4.69, 9.17) is 0 Å². The molecule has 0 aliphatic carbocycles. The predicted octanol–water partition coefficient (Wildman–Crippen LogP) is 2.95. The maximum Gasteiger partial charge on any atom is 0.226 e. The van der Waals surface area contributed by atoms with E-state index in [-0.39, 0.29) is 5.92 Å². The van der Waals surface area contributed by atoms with Gasteiger partial charge in [0.05, 0.1) is 5.92 Å². The van der Waals surface area contributed by atoms with Gasteiger partial charge in [0, 0.05) is 26.2 Å². The van der Waals surface area contributed by atoms with Crippen LogP contribution in [-0.4, -0.2) is 48.4 Å². The number of benzene rings is 1. The zero-order chi connectivity index (χ0) is 15.2. The molecule has 1 unspecified atom stereocenters. The number of hydrogen-bond acceptors (Lipinski definition) is 2. The summed E-state index contributed by atoms with van der Waals surface area (Å²) < 4.78 is 0. The third-order valence-corrected chi connectivity index (χ3v) is 5.08. The molecule has 0 aromatic heterocycles. The molecule has 1 atom stereocenters. The Kier molecular flexibility index (Phi) is 5.49. The number of likely N-dealkylation sites (tertiary alicyclic amines) is 2. The number of amides is 1. The molecule has 0 saturated carbocycles. The normalized spacial score (nSPS) is 23.5. The van der Waals surface area contributed by atoms with E-state index in [2.05, 4.69) is 40.1 Å². The molecule has 1 amide bonds. The van der Waals surface area contributed by atoms with Gasteiger partial charge in [0.2, 0.25) is 5.91 Å². The maximum absolute atomic E-state index is 12.7. The quantitative estimate of drug-likeness (QED) is 0.853. The highest BCUT2D eigenvalue weighted by Gasteiger charge is 2.29. The van der Waals surface area contributed by atoms with Crippen LogP contribution in [-0.2, 0) is 11.2 Å². The van der Waals surface area contributed by atoms with Crippen molar-refractivity contribution in [1.82, 2.24) is 9.80 Å². The number of carbonyl (C=O) groups excluding carboxylic acids is 1. The molecular formula is C19H28N2O. The lowest BCUT2D eigenvalue weighted by molar-refractivity contribution is -0.138. The fourth-order valence-corrected chi connectivity index (χ4v) is 3.76. The first kappa shape index (κ1) is 15.5. The van der Waals surface area contributed by atoms with Crippen molar-refractivity contribution in [3.05, 3.63) is 35.9 Å². The minimum atomic E-state index is 0.239. The molecule has 3 heteroatoms. The molecule has 2 saturated heterocycles. The SMILES string of the molecule is O=C(C1CCCN(CCc2ccccc2)C1)N1CCCCC1. The molecule has 0 bridgehead atoms. The topological polar surface area (TPSA) is 23.6 Å². The Hall–Kier alpha value is -1.35. The fraction of sp³-hybridized carbons (Fsp3) is 0.632. The Morgan fingerprint density at radius 2 is 1.77 bits per heavy atom. The molecular weight excluding hydrogens is 272 g/mol. The van der Waals surface area contributed by atoms with Gasteiger partial charge in [0.15, 0.2) is 0 Å². The van der Waals surface area contributed by atoms with Crippen LogP contribution < -0.4 is 0 Å². The van der Waals surface area contributed by atoms with Gasteiger partial charge in [-0.3, -0.25) is 4.79 Å². The van der Waals surface area contributed by atoms with Crippen LogP contribution in [0.15, 0.2) is 30.3 Å². The molecule has 2 aliphatic heterocycles. The third-order valence-electron chi connectivity index (χ3n) is 5.08. The van der Waals surface area contributed by atoms with Gasteiger partial charge in [-0.05, 0) is 50.6 Å². The van der Waals surface area contributed by atoms with Crippen molar-refractivity contribution < 1.29 is 4.79 Å². The number of rotatable bonds is 4.